The number of piperidine rings is 1. The lowest BCUT2D eigenvalue weighted by atomic mass is 9.98. The lowest BCUT2D eigenvalue weighted by Crippen LogP contribution is -2.49. The van der Waals surface area contributed by atoms with Crippen LogP contribution in [0.15, 0.2) is 41.3 Å². The predicted molar refractivity (Wildman–Crippen MR) is 121 cm³/mol. The molecular formula is C25H23F2N3O4S. The zero-order chi connectivity index (χ0) is 25.1. The Labute approximate surface area is 201 Å². The molecule has 10 heteroatoms. The van der Waals surface area contributed by atoms with Gasteiger partial charge in [0.15, 0.2) is 9.84 Å². The molecule has 182 valence electrons. The highest BCUT2D eigenvalue weighted by atomic mass is 32.2. The van der Waals surface area contributed by atoms with Crippen LogP contribution in [0, 0.1) is 34.8 Å². The quantitative estimate of drug-likeness (QED) is 0.657. The van der Waals surface area contributed by atoms with E-state index in [4.69, 9.17) is 5.26 Å². The first-order valence-electron chi connectivity index (χ1n) is 11.4. The Morgan fingerprint density at radius 3 is 2.54 bits per heavy atom. The average Bonchev–Trinajstić information content (AvgIpc) is 3.75. The molecule has 0 bridgehead atoms. The molecular weight excluding hydrogens is 476 g/mol. The Morgan fingerprint density at radius 1 is 1.14 bits per heavy atom. The lowest BCUT2D eigenvalue weighted by molar-refractivity contribution is -0.126. The Hall–Kier alpha value is -3.32. The van der Waals surface area contributed by atoms with Crippen LogP contribution in [0.4, 0.5) is 8.78 Å². The molecule has 0 unspecified atom stereocenters. The van der Waals surface area contributed by atoms with Crippen molar-refractivity contribution in [3.05, 3.63) is 64.7 Å². The van der Waals surface area contributed by atoms with Crippen molar-refractivity contribution in [1.29, 1.82) is 5.26 Å². The number of benzene rings is 2. The predicted octanol–water partition coefficient (Wildman–Crippen LogP) is 3.11. The van der Waals surface area contributed by atoms with Crippen LogP contribution in [0.5, 0.6) is 0 Å². The Bertz CT molecular complexity index is 1380. The molecule has 1 saturated heterocycles. The molecule has 1 N–H and O–H groups in total. The summed E-state index contributed by atoms with van der Waals surface area (Å²) in [7, 11) is -3.51. The van der Waals surface area contributed by atoms with Crippen LogP contribution in [0.25, 0.3) is 0 Å². The van der Waals surface area contributed by atoms with E-state index in [9.17, 15) is 26.8 Å². The molecule has 1 heterocycles. The molecule has 0 aromatic heterocycles. The van der Waals surface area contributed by atoms with Gasteiger partial charge in [0.2, 0.25) is 5.91 Å². The van der Waals surface area contributed by atoms with E-state index >= 15 is 0 Å². The maximum atomic E-state index is 14.7. The number of nitriles is 1. The number of nitrogens with zero attached hydrogens (tertiary/aromatic N) is 2. The first-order valence-corrected chi connectivity index (χ1v) is 13.3. The van der Waals surface area contributed by atoms with Gasteiger partial charge in [-0.3, -0.25) is 9.59 Å². The summed E-state index contributed by atoms with van der Waals surface area (Å²) in [6.45, 7) is 0. The summed E-state index contributed by atoms with van der Waals surface area (Å²) in [6.07, 6.45) is 3.76. The van der Waals surface area contributed by atoms with Crippen LogP contribution in [0.3, 0.4) is 0 Å². The van der Waals surface area contributed by atoms with Crippen LogP contribution in [-0.4, -0.2) is 43.5 Å². The number of hydrogen-bond donors (Lipinski definition) is 1. The highest BCUT2D eigenvalue weighted by Crippen LogP contribution is 2.49. The van der Waals surface area contributed by atoms with Crippen LogP contribution < -0.4 is 5.32 Å². The number of halogens is 2. The molecule has 4 atom stereocenters. The summed E-state index contributed by atoms with van der Waals surface area (Å²) in [6, 6.07) is 7.46. The molecule has 2 saturated carbocycles. The number of rotatable bonds is 6. The largest absolute Gasteiger partial charge is 0.347 e. The maximum absolute atomic E-state index is 14.7. The molecule has 2 aromatic carbocycles. The summed E-state index contributed by atoms with van der Waals surface area (Å²) >= 11 is 0. The van der Waals surface area contributed by atoms with Gasteiger partial charge >= 0.3 is 0 Å². The SMILES string of the molecule is CS(=O)(=O)c1cccc(C(=O)N2[C@@H](C(=O)N[C@@H](c3cc(F)c(C#N)cc3F)C3CC3)C[C@H]3C[C@H]32)c1. The third kappa shape index (κ3) is 4.41. The van der Waals surface area contributed by atoms with Crippen molar-refractivity contribution in [3.8, 4) is 6.07 Å². The number of carbonyl (C=O) groups is 2. The second kappa shape index (κ2) is 8.41. The smallest absolute Gasteiger partial charge is 0.254 e. The van der Waals surface area contributed by atoms with Gasteiger partial charge in [0.05, 0.1) is 16.5 Å². The minimum absolute atomic E-state index is 0.0146. The van der Waals surface area contributed by atoms with Gasteiger partial charge in [-0.15, -0.1) is 0 Å². The van der Waals surface area contributed by atoms with Gasteiger partial charge in [0.1, 0.15) is 23.7 Å². The van der Waals surface area contributed by atoms with E-state index in [1.807, 2.05) is 0 Å². The zero-order valence-electron chi connectivity index (χ0n) is 18.9. The topological polar surface area (TPSA) is 107 Å². The first-order chi connectivity index (χ1) is 16.6. The van der Waals surface area contributed by atoms with Gasteiger partial charge < -0.3 is 10.2 Å². The summed E-state index contributed by atoms with van der Waals surface area (Å²) in [4.78, 5) is 28.2. The number of carbonyl (C=O) groups excluding carboxylic acids is 2. The summed E-state index contributed by atoms with van der Waals surface area (Å²) in [5.41, 5.74) is -0.243. The van der Waals surface area contributed by atoms with E-state index in [-0.39, 0.29) is 33.9 Å². The summed E-state index contributed by atoms with van der Waals surface area (Å²) < 4.78 is 52.8. The minimum Gasteiger partial charge on any atom is -0.347 e. The van der Waals surface area contributed by atoms with E-state index in [1.165, 1.54) is 29.2 Å². The molecule has 1 aliphatic heterocycles. The lowest BCUT2D eigenvalue weighted by Gasteiger charge is -2.29. The zero-order valence-corrected chi connectivity index (χ0v) is 19.7. The monoisotopic (exact) mass is 499 g/mol. The number of amides is 2. The van der Waals surface area contributed by atoms with Crippen molar-refractivity contribution in [2.24, 2.45) is 11.8 Å². The van der Waals surface area contributed by atoms with E-state index in [0.717, 1.165) is 37.7 Å². The molecule has 0 spiro atoms. The van der Waals surface area contributed by atoms with Gasteiger partial charge in [0, 0.05) is 23.4 Å². The first kappa shape index (κ1) is 23.4. The highest BCUT2D eigenvalue weighted by molar-refractivity contribution is 7.90. The second-order valence-electron chi connectivity index (χ2n) is 9.62. The van der Waals surface area contributed by atoms with Crippen LogP contribution >= 0.6 is 0 Å². The standard InChI is InChI=1S/C25H23F2N3O4S/c1-35(33,34)17-4-2-3-14(7-17)25(32)30-21-9-15(21)10-22(30)24(31)29-23(13-5-6-13)18-11-19(26)16(12-28)8-20(18)27/h2-4,7-8,11,13,15,21-23H,5-6,9-10H2,1H3,(H,29,31)/t15-,21-,22-,23-/m1/s1. The van der Waals surface area contributed by atoms with Gasteiger partial charge in [-0.25, -0.2) is 17.2 Å². The normalized spacial score (nSPS) is 23.8. The van der Waals surface area contributed by atoms with Crippen molar-refractivity contribution in [3.63, 3.8) is 0 Å². The molecule has 2 amide bonds. The van der Waals surface area contributed by atoms with Gasteiger partial charge in [-0.1, -0.05) is 6.07 Å². The van der Waals surface area contributed by atoms with Crippen molar-refractivity contribution < 1.29 is 26.8 Å². The van der Waals surface area contributed by atoms with Crippen molar-refractivity contribution in [1.82, 2.24) is 10.2 Å². The fraction of sp³-hybridized carbons (Fsp3) is 0.400. The van der Waals surface area contributed by atoms with Crippen LogP contribution in [0.1, 0.15) is 53.2 Å². The molecule has 7 nitrogen and oxygen atoms in total. The molecule has 0 radical (unpaired) electrons. The van der Waals surface area contributed by atoms with E-state index in [0.29, 0.717) is 6.42 Å². The van der Waals surface area contributed by atoms with E-state index in [1.54, 1.807) is 6.07 Å². The Balaban J connectivity index is 1.40. The molecule has 3 aliphatic rings. The third-order valence-electron chi connectivity index (χ3n) is 7.08. The summed E-state index contributed by atoms with van der Waals surface area (Å²) in [5, 5.41) is 11.8. The average molecular weight is 500 g/mol. The second-order valence-corrected chi connectivity index (χ2v) is 11.6. The Morgan fingerprint density at radius 2 is 1.89 bits per heavy atom. The molecule has 35 heavy (non-hydrogen) atoms. The molecule has 2 aromatic rings. The van der Waals surface area contributed by atoms with Crippen LogP contribution in [0.2, 0.25) is 0 Å². The number of sulfone groups is 1. The number of hydrogen-bond acceptors (Lipinski definition) is 5. The molecule has 5 rings (SSSR count). The fourth-order valence-electron chi connectivity index (χ4n) is 5.01. The summed E-state index contributed by atoms with van der Waals surface area (Å²) in [5.74, 6) is -2.39. The third-order valence-corrected chi connectivity index (χ3v) is 8.19. The van der Waals surface area contributed by atoms with E-state index in [2.05, 4.69) is 5.32 Å². The maximum Gasteiger partial charge on any atom is 0.254 e. The van der Waals surface area contributed by atoms with Gasteiger partial charge in [0.25, 0.3) is 5.91 Å². The number of fused-ring (bicyclic) bond motifs is 1. The minimum atomic E-state index is -3.51. The van der Waals surface area contributed by atoms with E-state index < -0.39 is 50.9 Å². The number of likely N-dealkylation sites (tertiary alicyclic amines) is 1. The number of nitrogens with one attached hydrogen (secondary N) is 1. The van der Waals surface area contributed by atoms with Gasteiger partial charge in [-0.2, -0.15) is 5.26 Å². The van der Waals surface area contributed by atoms with Crippen molar-refractivity contribution in [2.75, 3.05) is 6.26 Å². The fourth-order valence-corrected chi connectivity index (χ4v) is 5.67. The highest BCUT2D eigenvalue weighted by Gasteiger charge is 2.56. The molecule has 2 aliphatic carbocycles. The van der Waals surface area contributed by atoms with Crippen molar-refractivity contribution >= 4 is 21.7 Å². The van der Waals surface area contributed by atoms with Gasteiger partial charge in [-0.05, 0) is 67.9 Å². The Kier molecular flexibility index (Phi) is 5.63. The van der Waals surface area contributed by atoms with Crippen molar-refractivity contribution in [2.45, 2.75) is 48.7 Å². The molecule has 3 fully saturated rings. The van der Waals surface area contributed by atoms with Crippen LogP contribution in [-0.2, 0) is 14.6 Å².